The van der Waals surface area contributed by atoms with Gasteiger partial charge in [0.05, 0.1) is 12.4 Å². The van der Waals surface area contributed by atoms with Crippen molar-refractivity contribution in [2.45, 2.75) is 19.3 Å². The molecule has 28 heavy (non-hydrogen) atoms. The van der Waals surface area contributed by atoms with Crippen molar-refractivity contribution < 1.29 is 13.9 Å². The average molecular weight is 382 g/mol. The molecule has 7 heteroatoms. The molecule has 0 N–H and O–H groups in total. The molecule has 0 radical (unpaired) electrons. The summed E-state index contributed by atoms with van der Waals surface area (Å²) in [5, 5.41) is 0. The third-order valence-electron chi connectivity index (χ3n) is 5.61. The highest BCUT2D eigenvalue weighted by Crippen LogP contribution is 2.34. The van der Waals surface area contributed by atoms with Gasteiger partial charge < -0.3 is 14.4 Å². The van der Waals surface area contributed by atoms with Crippen LogP contribution >= 0.6 is 0 Å². The van der Waals surface area contributed by atoms with Crippen LogP contribution < -0.4 is 14.4 Å². The molecule has 2 aliphatic rings. The van der Waals surface area contributed by atoms with E-state index >= 15 is 0 Å². The molecule has 0 bridgehead atoms. The zero-order valence-electron chi connectivity index (χ0n) is 15.7. The molecule has 1 aromatic carbocycles. The van der Waals surface area contributed by atoms with Crippen molar-refractivity contribution >= 4 is 11.6 Å². The molecule has 6 nitrogen and oxygen atoms in total. The fourth-order valence-electron chi connectivity index (χ4n) is 3.99. The minimum atomic E-state index is -0.217. The summed E-state index contributed by atoms with van der Waals surface area (Å²) in [5.41, 5.74) is 1.83. The molecule has 0 atom stereocenters. The van der Waals surface area contributed by atoms with Crippen LogP contribution in [0.3, 0.4) is 0 Å². The Morgan fingerprint density at radius 3 is 2.68 bits per heavy atom. The van der Waals surface area contributed by atoms with E-state index in [2.05, 4.69) is 4.90 Å². The van der Waals surface area contributed by atoms with Gasteiger partial charge in [-0.3, -0.25) is 8.79 Å². The van der Waals surface area contributed by atoms with E-state index in [0.717, 1.165) is 54.5 Å². The zero-order valence-corrected chi connectivity index (χ0v) is 15.7. The smallest absolute Gasteiger partial charge is 0.236 e. The highest BCUT2D eigenvalue weighted by molar-refractivity contribution is 5.66. The van der Waals surface area contributed by atoms with E-state index in [4.69, 9.17) is 19.4 Å². The molecule has 0 unspecified atom stereocenters. The molecular weight excluding hydrogens is 359 g/mol. The normalized spacial score (nSPS) is 17.2. The molecule has 0 saturated carbocycles. The number of benzene rings is 1. The lowest BCUT2D eigenvalue weighted by Gasteiger charge is -2.32. The summed E-state index contributed by atoms with van der Waals surface area (Å²) in [6.07, 6.45) is 6.70. The fraction of sp³-hybridized carbons (Fsp3) is 0.429. The van der Waals surface area contributed by atoms with Crippen molar-refractivity contribution in [1.82, 2.24) is 14.4 Å². The van der Waals surface area contributed by atoms with Gasteiger partial charge in [-0.2, -0.15) is 4.98 Å². The highest BCUT2D eigenvalue weighted by atomic mass is 19.1. The van der Waals surface area contributed by atoms with Gasteiger partial charge >= 0.3 is 0 Å². The monoisotopic (exact) mass is 382 g/mol. The van der Waals surface area contributed by atoms with Gasteiger partial charge in [0.1, 0.15) is 19.0 Å². The Labute approximate surface area is 162 Å². The second-order valence-electron chi connectivity index (χ2n) is 7.39. The number of imidazole rings is 1. The Morgan fingerprint density at radius 2 is 1.86 bits per heavy atom. The Balaban J connectivity index is 1.38. The fourth-order valence-corrected chi connectivity index (χ4v) is 3.99. The number of nitrogens with zero attached hydrogens (tertiary/aromatic N) is 4. The van der Waals surface area contributed by atoms with Crippen LogP contribution in [0.25, 0.3) is 17.0 Å². The van der Waals surface area contributed by atoms with Crippen molar-refractivity contribution in [3.8, 4) is 22.8 Å². The highest BCUT2D eigenvalue weighted by Gasteiger charge is 2.20. The second-order valence-corrected chi connectivity index (χ2v) is 7.39. The minimum absolute atomic E-state index is 0.217. The molecule has 2 aromatic heterocycles. The molecule has 1 fully saturated rings. The first-order valence-electron chi connectivity index (χ1n) is 9.87. The van der Waals surface area contributed by atoms with Gasteiger partial charge in [0, 0.05) is 31.0 Å². The Bertz CT molecular complexity index is 982. The van der Waals surface area contributed by atoms with Crippen molar-refractivity contribution in [3.05, 3.63) is 36.7 Å². The molecule has 2 aliphatic heterocycles. The zero-order chi connectivity index (χ0) is 18.9. The summed E-state index contributed by atoms with van der Waals surface area (Å²) < 4.78 is 25.8. The van der Waals surface area contributed by atoms with E-state index in [-0.39, 0.29) is 6.67 Å². The van der Waals surface area contributed by atoms with Gasteiger partial charge in [-0.15, -0.1) is 0 Å². The number of alkyl halides is 1. The number of rotatable bonds is 4. The quantitative estimate of drug-likeness (QED) is 0.688. The third-order valence-corrected chi connectivity index (χ3v) is 5.61. The molecule has 5 rings (SSSR count). The number of ether oxygens (including phenoxy) is 2. The van der Waals surface area contributed by atoms with E-state index in [0.29, 0.717) is 31.3 Å². The van der Waals surface area contributed by atoms with Gasteiger partial charge in [-0.25, -0.2) is 4.98 Å². The van der Waals surface area contributed by atoms with Crippen molar-refractivity contribution in [1.29, 1.82) is 0 Å². The molecule has 0 aliphatic carbocycles. The summed E-state index contributed by atoms with van der Waals surface area (Å²) in [4.78, 5) is 11.7. The predicted octanol–water partition coefficient (Wildman–Crippen LogP) is 3.74. The van der Waals surface area contributed by atoms with Gasteiger partial charge in [0.25, 0.3) is 0 Å². The Morgan fingerprint density at radius 1 is 1.04 bits per heavy atom. The van der Waals surface area contributed by atoms with Crippen molar-refractivity contribution in [2.75, 3.05) is 37.9 Å². The number of hydrogen-bond acceptors (Lipinski definition) is 5. The Hall–Kier alpha value is -2.83. The van der Waals surface area contributed by atoms with Gasteiger partial charge in [-0.05, 0) is 49.4 Å². The van der Waals surface area contributed by atoms with Crippen LogP contribution in [0.15, 0.2) is 36.7 Å². The van der Waals surface area contributed by atoms with E-state index in [1.54, 1.807) is 0 Å². The van der Waals surface area contributed by atoms with E-state index in [9.17, 15) is 4.39 Å². The average Bonchev–Trinajstić information content (AvgIpc) is 3.17. The molecule has 3 aromatic rings. The SMILES string of the molecule is FCCC1CCN(c2ccn3cc(-c4ccc5c(c4)OCCO5)nc3n2)CC1. The molecule has 0 spiro atoms. The van der Waals surface area contributed by atoms with Crippen LogP contribution in [0.5, 0.6) is 11.5 Å². The van der Waals surface area contributed by atoms with E-state index < -0.39 is 0 Å². The number of fused-ring (bicyclic) bond motifs is 2. The maximum Gasteiger partial charge on any atom is 0.236 e. The van der Waals surface area contributed by atoms with Crippen LogP contribution in [-0.2, 0) is 0 Å². The molecule has 0 amide bonds. The lowest BCUT2D eigenvalue weighted by molar-refractivity contribution is 0.171. The summed E-state index contributed by atoms with van der Waals surface area (Å²) >= 11 is 0. The standard InChI is InChI=1S/C21H23FN4O2/c22-7-3-15-4-8-25(9-5-15)20-6-10-26-14-17(23-21(26)24-20)16-1-2-18-19(13-16)28-12-11-27-18/h1-2,6,10,13-15H,3-5,7-9,11-12H2. The van der Waals surface area contributed by atoms with Crippen molar-refractivity contribution in [2.24, 2.45) is 5.92 Å². The van der Waals surface area contributed by atoms with Crippen LogP contribution in [0.2, 0.25) is 0 Å². The second kappa shape index (κ2) is 7.30. The summed E-state index contributed by atoms with van der Waals surface area (Å²) in [7, 11) is 0. The minimum Gasteiger partial charge on any atom is -0.486 e. The number of piperidine rings is 1. The first-order valence-corrected chi connectivity index (χ1v) is 9.87. The molecular formula is C21H23FN4O2. The van der Waals surface area contributed by atoms with E-state index in [1.807, 2.05) is 41.1 Å². The van der Waals surface area contributed by atoms with E-state index in [1.165, 1.54) is 0 Å². The molecule has 4 heterocycles. The largest absolute Gasteiger partial charge is 0.486 e. The number of halogens is 1. The summed E-state index contributed by atoms with van der Waals surface area (Å²) in [6.45, 7) is 2.77. The van der Waals surface area contributed by atoms with Gasteiger partial charge in [0.15, 0.2) is 11.5 Å². The summed E-state index contributed by atoms with van der Waals surface area (Å²) in [5.74, 6) is 3.64. The van der Waals surface area contributed by atoms with Crippen LogP contribution in [0, 0.1) is 5.92 Å². The lowest BCUT2D eigenvalue weighted by atomic mass is 9.94. The van der Waals surface area contributed by atoms with Gasteiger partial charge in [-0.1, -0.05) is 0 Å². The maximum absolute atomic E-state index is 12.6. The maximum atomic E-state index is 12.6. The Kier molecular flexibility index (Phi) is 4.50. The first-order chi connectivity index (χ1) is 13.8. The molecule has 146 valence electrons. The van der Waals surface area contributed by atoms with Crippen LogP contribution in [0.1, 0.15) is 19.3 Å². The van der Waals surface area contributed by atoms with Gasteiger partial charge in [0.2, 0.25) is 5.78 Å². The lowest BCUT2D eigenvalue weighted by Crippen LogP contribution is -2.34. The number of aromatic nitrogens is 3. The first kappa shape index (κ1) is 17.3. The number of hydrogen-bond donors (Lipinski definition) is 0. The van der Waals surface area contributed by atoms with Crippen LogP contribution in [-0.4, -0.2) is 47.3 Å². The summed E-state index contributed by atoms with van der Waals surface area (Å²) in [6, 6.07) is 7.91. The third kappa shape index (κ3) is 3.25. The van der Waals surface area contributed by atoms with Crippen LogP contribution in [0.4, 0.5) is 10.2 Å². The van der Waals surface area contributed by atoms with Crippen molar-refractivity contribution in [3.63, 3.8) is 0 Å². The topological polar surface area (TPSA) is 51.9 Å². The number of anilines is 1. The predicted molar refractivity (Wildman–Crippen MR) is 105 cm³/mol. The molecule has 1 saturated heterocycles.